The molecule has 4 unspecified atom stereocenters. The summed E-state index contributed by atoms with van der Waals surface area (Å²) in [7, 11) is 2.28. The number of likely N-dealkylation sites (tertiary alicyclic amines) is 1. The minimum atomic E-state index is 0.418. The number of hydrogen-bond donors (Lipinski definition) is 1. The molecule has 0 aromatic heterocycles. The first kappa shape index (κ1) is 13.0. The minimum Gasteiger partial charge on any atom is -0.508 e. The smallest absolute Gasteiger partial charge is 0.115 e. The Morgan fingerprint density at radius 1 is 1.37 bits per heavy atom. The summed E-state index contributed by atoms with van der Waals surface area (Å²) in [6.45, 7) is 5.93. The van der Waals surface area contributed by atoms with Crippen LogP contribution in [0.5, 0.6) is 5.75 Å². The van der Waals surface area contributed by atoms with E-state index in [9.17, 15) is 5.11 Å². The fourth-order valence-electron chi connectivity index (χ4n) is 4.47. The zero-order valence-corrected chi connectivity index (χ0v) is 12.3. The molecule has 0 spiro atoms. The van der Waals surface area contributed by atoms with E-state index >= 15 is 0 Å². The number of hydrogen-bond acceptors (Lipinski definition) is 2. The number of benzene rings is 1. The van der Waals surface area contributed by atoms with Crippen molar-refractivity contribution in [1.82, 2.24) is 4.90 Å². The molecule has 2 nitrogen and oxygen atoms in total. The maximum absolute atomic E-state index is 9.77. The molecule has 2 aliphatic rings. The van der Waals surface area contributed by atoms with Gasteiger partial charge in [-0.25, -0.2) is 0 Å². The zero-order valence-electron chi connectivity index (χ0n) is 12.3. The normalized spacial score (nSPS) is 34.7. The lowest BCUT2D eigenvalue weighted by Crippen LogP contribution is -2.52. The number of aromatic hydroxyl groups is 1. The molecule has 0 radical (unpaired) electrons. The van der Waals surface area contributed by atoms with Crippen LogP contribution < -0.4 is 0 Å². The van der Waals surface area contributed by atoms with Crippen LogP contribution in [0.3, 0.4) is 0 Å². The Hall–Kier alpha value is -1.02. The fourth-order valence-corrected chi connectivity index (χ4v) is 4.47. The molecule has 1 aromatic carbocycles. The summed E-state index contributed by atoms with van der Waals surface area (Å²) < 4.78 is 0. The van der Waals surface area contributed by atoms with Crippen molar-refractivity contribution in [2.24, 2.45) is 11.8 Å². The van der Waals surface area contributed by atoms with E-state index in [2.05, 4.69) is 31.9 Å². The van der Waals surface area contributed by atoms with Crippen molar-refractivity contribution in [3.8, 4) is 5.75 Å². The van der Waals surface area contributed by atoms with Crippen LogP contribution >= 0.6 is 0 Å². The summed E-state index contributed by atoms with van der Waals surface area (Å²) in [5, 5.41) is 9.77. The highest BCUT2D eigenvalue weighted by atomic mass is 16.3. The Labute approximate surface area is 116 Å². The molecule has 0 bridgehead atoms. The van der Waals surface area contributed by atoms with E-state index in [1.807, 2.05) is 12.1 Å². The SMILES string of the molecule is CCC1CCN(C)C2Cc3ccc(O)cc3C(C)C12. The minimum absolute atomic E-state index is 0.418. The summed E-state index contributed by atoms with van der Waals surface area (Å²) in [6.07, 6.45) is 3.76. The van der Waals surface area contributed by atoms with Gasteiger partial charge in [-0.15, -0.1) is 0 Å². The average Bonchev–Trinajstić information content (AvgIpc) is 2.41. The van der Waals surface area contributed by atoms with Crippen molar-refractivity contribution < 1.29 is 5.11 Å². The van der Waals surface area contributed by atoms with Crippen LogP contribution in [0, 0.1) is 11.8 Å². The van der Waals surface area contributed by atoms with E-state index in [-0.39, 0.29) is 0 Å². The predicted molar refractivity (Wildman–Crippen MR) is 78.5 cm³/mol. The molecule has 0 saturated carbocycles. The number of likely N-dealkylation sites (N-methyl/N-ethyl adjacent to an activating group) is 1. The van der Waals surface area contributed by atoms with Crippen LogP contribution in [0.2, 0.25) is 0 Å². The van der Waals surface area contributed by atoms with Crippen LogP contribution in [-0.4, -0.2) is 29.6 Å². The Bertz CT molecular complexity index is 470. The molecular formula is C17H25NO. The molecule has 1 heterocycles. The second-order valence-electron chi connectivity index (χ2n) is 6.46. The lowest BCUT2D eigenvalue weighted by atomic mass is 9.64. The summed E-state index contributed by atoms with van der Waals surface area (Å²) in [4.78, 5) is 2.56. The van der Waals surface area contributed by atoms with Crippen molar-refractivity contribution in [3.63, 3.8) is 0 Å². The lowest BCUT2D eigenvalue weighted by Gasteiger charge is -2.50. The van der Waals surface area contributed by atoms with E-state index < -0.39 is 0 Å². The second kappa shape index (κ2) is 4.82. The van der Waals surface area contributed by atoms with Crippen molar-refractivity contribution in [1.29, 1.82) is 0 Å². The third kappa shape index (κ3) is 2.06. The largest absolute Gasteiger partial charge is 0.508 e. The van der Waals surface area contributed by atoms with Gasteiger partial charge in [-0.05, 0) is 67.4 Å². The van der Waals surface area contributed by atoms with Gasteiger partial charge in [0.2, 0.25) is 0 Å². The molecule has 1 N–H and O–H groups in total. The van der Waals surface area contributed by atoms with E-state index in [1.165, 1.54) is 30.5 Å². The maximum Gasteiger partial charge on any atom is 0.115 e. The zero-order chi connectivity index (χ0) is 13.6. The van der Waals surface area contributed by atoms with E-state index in [0.717, 1.165) is 18.3 Å². The highest BCUT2D eigenvalue weighted by Crippen LogP contribution is 2.46. The Kier molecular flexibility index (Phi) is 3.30. The summed E-state index contributed by atoms with van der Waals surface area (Å²) in [5.41, 5.74) is 2.82. The van der Waals surface area contributed by atoms with Crippen molar-refractivity contribution in [2.45, 2.75) is 45.1 Å². The Morgan fingerprint density at radius 3 is 2.89 bits per heavy atom. The van der Waals surface area contributed by atoms with Crippen LogP contribution in [0.1, 0.15) is 43.7 Å². The first-order chi connectivity index (χ1) is 9.11. The van der Waals surface area contributed by atoms with Crippen molar-refractivity contribution in [2.75, 3.05) is 13.6 Å². The number of fused-ring (bicyclic) bond motifs is 2. The second-order valence-corrected chi connectivity index (χ2v) is 6.46. The monoisotopic (exact) mass is 259 g/mol. The molecule has 0 amide bonds. The number of piperidine rings is 1. The molecule has 3 rings (SSSR count). The van der Waals surface area contributed by atoms with Gasteiger partial charge in [-0.1, -0.05) is 26.3 Å². The van der Waals surface area contributed by atoms with Gasteiger partial charge in [0, 0.05) is 6.04 Å². The molecule has 19 heavy (non-hydrogen) atoms. The Morgan fingerprint density at radius 2 is 2.16 bits per heavy atom. The highest BCUT2D eigenvalue weighted by molar-refractivity contribution is 5.40. The standard InChI is InChI=1S/C17H25NO/c1-4-12-7-8-18(3)16-9-13-5-6-14(19)10-15(13)11(2)17(12)16/h5-6,10-12,16-17,19H,4,7-9H2,1-3H3. The van der Waals surface area contributed by atoms with Gasteiger partial charge in [-0.3, -0.25) is 0 Å². The summed E-state index contributed by atoms with van der Waals surface area (Å²) >= 11 is 0. The highest BCUT2D eigenvalue weighted by Gasteiger charge is 2.42. The van der Waals surface area contributed by atoms with Gasteiger partial charge in [-0.2, -0.15) is 0 Å². The molecule has 1 aliphatic carbocycles. The maximum atomic E-state index is 9.77. The van der Waals surface area contributed by atoms with Gasteiger partial charge < -0.3 is 10.0 Å². The third-order valence-electron chi connectivity index (χ3n) is 5.56. The molecule has 1 aliphatic heterocycles. The number of phenols is 1. The third-order valence-corrected chi connectivity index (χ3v) is 5.56. The molecule has 2 heteroatoms. The molecule has 104 valence electrons. The van der Waals surface area contributed by atoms with Gasteiger partial charge >= 0.3 is 0 Å². The summed E-state index contributed by atoms with van der Waals surface area (Å²) in [5.74, 6) is 2.57. The lowest BCUT2D eigenvalue weighted by molar-refractivity contribution is 0.0447. The number of phenolic OH excluding ortho intramolecular Hbond substituents is 1. The van der Waals surface area contributed by atoms with E-state index in [0.29, 0.717) is 17.7 Å². The molecule has 1 aromatic rings. The fraction of sp³-hybridized carbons (Fsp3) is 0.647. The molecule has 4 atom stereocenters. The van der Waals surface area contributed by atoms with Crippen molar-refractivity contribution >= 4 is 0 Å². The van der Waals surface area contributed by atoms with Crippen LogP contribution in [0.15, 0.2) is 18.2 Å². The predicted octanol–water partition coefficient (Wildman–Crippen LogP) is 3.40. The topological polar surface area (TPSA) is 23.5 Å². The van der Waals surface area contributed by atoms with Crippen LogP contribution in [0.4, 0.5) is 0 Å². The number of nitrogens with zero attached hydrogens (tertiary/aromatic N) is 1. The number of rotatable bonds is 1. The Balaban J connectivity index is 2.02. The first-order valence-corrected chi connectivity index (χ1v) is 7.63. The van der Waals surface area contributed by atoms with Gasteiger partial charge in [0.05, 0.1) is 0 Å². The van der Waals surface area contributed by atoms with Crippen LogP contribution in [0.25, 0.3) is 0 Å². The van der Waals surface area contributed by atoms with Crippen LogP contribution in [-0.2, 0) is 6.42 Å². The van der Waals surface area contributed by atoms with E-state index in [1.54, 1.807) is 0 Å². The van der Waals surface area contributed by atoms with Crippen molar-refractivity contribution in [3.05, 3.63) is 29.3 Å². The summed E-state index contributed by atoms with van der Waals surface area (Å²) in [6, 6.07) is 6.65. The molecule has 1 fully saturated rings. The van der Waals surface area contributed by atoms with Gasteiger partial charge in [0.25, 0.3) is 0 Å². The first-order valence-electron chi connectivity index (χ1n) is 7.63. The van der Waals surface area contributed by atoms with Gasteiger partial charge in [0.1, 0.15) is 5.75 Å². The average molecular weight is 259 g/mol. The molecule has 1 saturated heterocycles. The van der Waals surface area contributed by atoms with Gasteiger partial charge in [0.15, 0.2) is 0 Å². The quantitative estimate of drug-likeness (QED) is 0.835. The van der Waals surface area contributed by atoms with E-state index in [4.69, 9.17) is 0 Å². The molecular weight excluding hydrogens is 234 g/mol.